The molecule has 1 N–H and O–H groups in total. The molecule has 0 spiro atoms. The first-order valence-electron chi connectivity index (χ1n) is 13.4. The lowest BCUT2D eigenvalue weighted by molar-refractivity contribution is 0.0375. The molecule has 3 aromatic rings. The number of ether oxygens (including phenoxy) is 1. The average molecular weight is 519 g/mol. The van der Waals surface area contributed by atoms with Gasteiger partial charge in [0.1, 0.15) is 11.6 Å². The zero-order valence-electron chi connectivity index (χ0n) is 21.4. The monoisotopic (exact) mass is 518 g/mol. The van der Waals surface area contributed by atoms with E-state index < -0.39 is 5.82 Å². The van der Waals surface area contributed by atoms with Gasteiger partial charge < -0.3 is 4.74 Å². The molecule has 4 nitrogen and oxygen atoms in total. The van der Waals surface area contributed by atoms with Crippen LogP contribution in [0.1, 0.15) is 71.6 Å². The molecule has 2 aliphatic rings. The van der Waals surface area contributed by atoms with Crippen molar-refractivity contribution in [1.82, 2.24) is 9.62 Å². The Bertz CT molecular complexity index is 1140. The highest BCUT2D eigenvalue weighted by molar-refractivity contribution is 7.97. The molecule has 1 aliphatic carbocycles. The van der Waals surface area contributed by atoms with Crippen molar-refractivity contribution in [2.45, 2.75) is 44.6 Å². The average Bonchev–Trinajstić information content (AvgIpc) is 3.74. The van der Waals surface area contributed by atoms with Crippen LogP contribution in [-0.2, 0) is 0 Å². The van der Waals surface area contributed by atoms with E-state index >= 15 is 0 Å². The largest absolute Gasteiger partial charge is 0.493 e. The Morgan fingerprint density at radius 3 is 2.30 bits per heavy atom. The lowest BCUT2D eigenvalue weighted by Gasteiger charge is -2.44. The number of halogens is 1. The summed E-state index contributed by atoms with van der Waals surface area (Å²) in [5, 5.41) is 0. The Kier molecular flexibility index (Phi) is 8.47. The second-order valence-electron chi connectivity index (χ2n) is 10.1. The summed E-state index contributed by atoms with van der Waals surface area (Å²) in [6.45, 7) is 4.50. The van der Waals surface area contributed by atoms with Crippen molar-refractivity contribution in [2.24, 2.45) is 5.92 Å². The van der Waals surface area contributed by atoms with Gasteiger partial charge in [0.05, 0.1) is 18.2 Å². The Morgan fingerprint density at radius 2 is 1.70 bits per heavy atom. The van der Waals surface area contributed by atoms with Crippen LogP contribution in [0, 0.1) is 11.7 Å². The van der Waals surface area contributed by atoms with E-state index in [1.54, 1.807) is 6.07 Å². The van der Waals surface area contributed by atoms with Crippen LogP contribution >= 0.6 is 11.9 Å². The molecular weight excluding hydrogens is 483 g/mol. The van der Waals surface area contributed by atoms with Gasteiger partial charge in [-0.05, 0) is 47.9 Å². The summed E-state index contributed by atoms with van der Waals surface area (Å²) in [7, 11) is 0. The van der Waals surface area contributed by atoms with Crippen LogP contribution in [0.4, 0.5) is 4.39 Å². The van der Waals surface area contributed by atoms with Crippen molar-refractivity contribution in [1.29, 1.82) is 0 Å². The molecule has 0 bridgehead atoms. The van der Waals surface area contributed by atoms with E-state index in [4.69, 9.17) is 4.74 Å². The molecule has 1 amide bonds. The van der Waals surface area contributed by atoms with Gasteiger partial charge in [-0.3, -0.25) is 14.4 Å². The number of likely N-dealkylation sites (tertiary alicyclic amines) is 1. The van der Waals surface area contributed by atoms with Crippen LogP contribution in [0.25, 0.3) is 0 Å². The molecule has 1 saturated heterocycles. The lowest BCUT2D eigenvalue weighted by Crippen LogP contribution is -2.51. The third-order valence-electron chi connectivity index (χ3n) is 7.18. The van der Waals surface area contributed by atoms with E-state index in [0.717, 1.165) is 50.1 Å². The van der Waals surface area contributed by atoms with Crippen molar-refractivity contribution in [2.75, 3.05) is 25.4 Å². The van der Waals surface area contributed by atoms with E-state index in [2.05, 4.69) is 77.2 Å². The van der Waals surface area contributed by atoms with E-state index in [1.165, 1.54) is 29.1 Å². The van der Waals surface area contributed by atoms with Gasteiger partial charge >= 0.3 is 0 Å². The van der Waals surface area contributed by atoms with Gasteiger partial charge in [0.15, 0.2) is 0 Å². The molecule has 3 aromatic carbocycles. The van der Waals surface area contributed by atoms with E-state index in [0.29, 0.717) is 24.2 Å². The zero-order valence-corrected chi connectivity index (χ0v) is 22.2. The van der Waals surface area contributed by atoms with Crippen LogP contribution in [0.3, 0.4) is 0 Å². The van der Waals surface area contributed by atoms with Gasteiger partial charge in [0.2, 0.25) is 0 Å². The predicted octanol–water partition coefficient (Wildman–Crippen LogP) is 6.98. The fourth-order valence-electron chi connectivity index (χ4n) is 4.99. The van der Waals surface area contributed by atoms with Crippen molar-refractivity contribution in [3.63, 3.8) is 0 Å². The van der Waals surface area contributed by atoms with Crippen molar-refractivity contribution < 1.29 is 13.9 Å². The maximum Gasteiger partial charge on any atom is 0.264 e. The topological polar surface area (TPSA) is 41.6 Å². The van der Waals surface area contributed by atoms with Gasteiger partial charge in [0, 0.05) is 30.8 Å². The Morgan fingerprint density at radius 1 is 1.05 bits per heavy atom. The normalized spacial score (nSPS) is 16.0. The van der Waals surface area contributed by atoms with Crippen LogP contribution in [0.5, 0.6) is 5.75 Å². The first kappa shape index (κ1) is 25.8. The van der Waals surface area contributed by atoms with E-state index in [9.17, 15) is 9.18 Å². The van der Waals surface area contributed by atoms with Crippen LogP contribution in [0.15, 0.2) is 72.8 Å². The molecular formula is C31H35FN2O2S. The second kappa shape index (κ2) is 12.1. The Labute approximate surface area is 223 Å². The molecule has 0 unspecified atom stereocenters. The van der Waals surface area contributed by atoms with Crippen molar-refractivity contribution >= 4 is 17.9 Å². The highest BCUT2D eigenvalue weighted by Crippen LogP contribution is 2.45. The van der Waals surface area contributed by atoms with Crippen LogP contribution in [-0.4, -0.2) is 36.3 Å². The number of carbonyl (C=O) groups is 1. The zero-order chi connectivity index (χ0) is 25.6. The first-order chi connectivity index (χ1) is 18.1. The number of nitrogens with zero attached hydrogens (tertiary/aromatic N) is 1. The standard InChI is InChI=1S/C31H35FN2O2S/c1-2-3-16-37-33-31(35)27-17-26(23-14-15-23)29(18-28(27)32)36-21-22-19-34(20-22)30(24-10-6-4-7-11-24)25-12-8-5-9-13-25/h4-13,17-18,22-23,30H,2-3,14-16,19-21H2,1H3,(H,33,35). The van der Waals surface area contributed by atoms with Gasteiger partial charge in [-0.15, -0.1) is 0 Å². The number of rotatable bonds is 12. The number of unbranched alkanes of at least 4 members (excludes halogenated alkanes) is 1. The number of nitrogens with one attached hydrogen (secondary N) is 1. The fraction of sp³-hybridized carbons (Fsp3) is 0.387. The summed E-state index contributed by atoms with van der Waals surface area (Å²) < 4.78 is 23.9. The number of carbonyl (C=O) groups excluding carboxylic acids is 1. The second-order valence-corrected chi connectivity index (χ2v) is 11.0. The molecule has 6 heteroatoms. The molecule has 0 radical (unpaired) electrons. The minimum absolute atomic E-state index is 0.113. The van der Waals surface area contributed by atoms with E-state index in [1.807, 2.05) is 0 Å². The predicted molar refractivity (Wildman–Crippen MR) is 148 cm³/mol. The molecule has 0 atom stereocenters. The molecule has 194 valence electrons. The molecule has 1 aliphatic heterocycles. The summed E-state index contributed by atoms with van der Waals surface area (Å²) >= 11 is 1.35. The van der Waals surface area contributed by atoms with Crippen molar-refractivity contribution in [3.05, 3.63) is 101 Å². The molecule has 5 rings (SSSR count). The Balaban J connectivity index is 1.22. The molecule has 0 aromatic heterocycles. The van der Waals surface area contributed by atoms with Gasteiger partial charge in [-0.25, -0.2) is 4.39 Å². The van der Waals surface area contributed by atoms with Gasteiger partial charge in [-0.1, -0.05) is 86.0 Å². The minimum Gasteiger partial charge on any atom is -0.493 e. The van der Waals surface area contributed by atoms with Crippen molar-refractivity contribution in [3.8, 4) is 5.75 Å². The van der Waals surface area contributed by atoms with Crippen LogP contribution < -0.4 is 9.46 Å². The smallest absolute Gasteiger partial charge is 0.264 e. The maximum atomic E-state index is 14.9. The SMILES string of the molecule is CCCCSNC(=O)c1cc(C2CC2)c(OCC2CN(C(c3ccccc3)c3ccccc3)C2)cc1F. The Hall–Kier alpha value is -2.83. The number of hydrogen-bond acceptors (Lipinski definition) is 4. The molecule has 1 heterocycles. The molecule has 1 saturated carbocycles. The van der Waals surface area contributed by atoms with Gasteiger partial charge in [-0.2, -0.15) is 0 Å². The highest BCUT2D eigenvalue weighted by atomic mass is 32.2. The summed E-state index contributed by atoms with van der Waals surface area (Å²) in [5.74, 6) is 1.27. The van der Waals surface area contributed by atoms with Crippen LogP contribution in [0.2, 0.25) is 0 Å². The lowest BCUT2D eigenvalue weighted by atomic mass is 9.90. The summed E-state index contributed by atoms with van der Waals surface area (Å²) in [5.41, 5.74) is 3.65. The summed E-state index contributed by atoms with van der Waals surface area (Å²) in [4.78, 5) is 15.0. The summed E-state index contributed by atoms with van der Waals surface area (Å²) in [6.07, 6.45) is 4.19. The third kappa shape index (κ3) is 6.36. The van der Waals surface area contributed by atoms with Gasteiger partial charge in [0.25, 0.3) is 5.91 Å². The van der Waals surface area contributed by atoms with E-state index in [-0.39, 0.29) is 17.5 Å². The summed E-state index contributed by atoms with van der Waals surface area (Å²) in [6, 6.07) is 24.6. The quantitative estimate of drug-likeness (QED) is 0.207. The number of hydrogen-bond donors (Lipinski definition) is 1. The highest BCUT2D eigenvalue weighted by Gasteiger charge is 2.35. The maximum absolute atomic E-state index is 14.9. The first-order valence-corrected chi connectivity index (χ1v) is 14.3. The third-order valence-corrected chi connectivity index (χ3v) is 8.00. The fourth-order valence-corrected chi connectivity index (χ4v) is 5.77. The minimum atomic E-state index is -0.517. The number of amides is 1. The molecule has 37 heavy (non-hydrogen) atoms. The number of benzene rings is 3. The molecule has 2 fully saturated rings.